The van der Waals surface area contributed by atoms with E-state index in [0.717, 1.165) is 67.1 Å². The molecule has 0 aliphatic heterocycles. The third kappa shape index (κ3) is 5.31. The van der Waals surface area contributed by atoms with Crippen molar-refractivity contribution in [1.29, 1.82) is 0 Å². The van der Waals surface area contributed by atoms with E-state index in [2.05, 4.69) is 191 Å². The van der Waals surface area contributed by atoms with Crippen LogP contribution in [-0.4, -0.2) is 19.1 Å². The highest BCUT2D eigenvalue weighted by Gasteiger charge is 2.17. The van der Waals surface area contributed by atoms with Gasteiger partial charge in [-0.15, -0.1) is 0 Å². The zero-order valence-corrected chi connectivity index (χ0v) is 30.4. The summed E-state index contributed by atoms with van der Waals surface area (Å²) in [6.45, 7) is 0. The number of pyridine rings is 2. The van der Waals surface area contributed by atoms with Gasteiger partial charge in [-0.25, -0.2) is 9.97 Å². The lowest BCUT2D eigenvalue weighted by Gasteiger charge is -2.12. The van der Waals surface area contributed by atoms with Crippen LogP contribution in [-0.2, 0) is 0 Å². The largest absolute Gasteiger partial charge is 0.309 e. The normalized spacial score (nSPS) is 11.6. The maximum atomic E-state index is 5.09. The Morgan fingerprint density at radius 2 is 0.804 bits per heavy atom. The fourth-order valence-corrected chi connectivity index (χ4v) is 8.30. The fourth-order valence-electron chi connectivity index (χ4n) is 8.30. The smallest absolute Gasteiger partial charge is 0.145 e. The molecule has 7 aromatic carbocycles. The Labute approximate surface area is 324 Å². The first-order valence-corrected chi connectivity index (χ1v) is 19.0. The van der Waals surface area contributed by atoms with Crippen LogP contribution in [0.15, 0.2) is 206 Å². The van der Waals surface area contributed by atoms with Gasteiger partial charge in [0.1, 0.15) is 5.65 Å². The van der Waals surface area contributed by atoms with E-state index in [1.807, 2.05) is 24.4 Å². The average molecular weight is 715 g/mol. The van der Waals surface area contributed by atoms with Gasteiger partial charge < -0.3 is 4.57 Å². The van der Waals surface area contributed by atoms with Crippen LogP contribution in [0.25, 0.3) is 99.9 Å². The Bertz CT molecular complexity index is 3160. The van der Waals surface area contributed by atoms with Gasteiger partial charge in [-0.05, 0) is 89.0 Å². The van der Waals surface area contributed by atoms with Gasteiger partial charge in [-0.3, -0.25) is 4.57 Å². The maximum absolute atomic E-state index is 5.09. The highest BCUT2D eigenvalue weighted by Crippen LogP contribution is 2.38. The summed E-state index contributed by atoms with van der Waals surface area (Å²) in [6, 6.07) is 71.3. The highest BCUT2D eigenvalue weighted by atomic mass is 15.0. The summed E-state index contributed by atoms with van der Waals surface area (Å²) in [4.78, 5) is 10.0. The second kappa shape index (κ2) is 13.1. The van der Waals surface area contributed by atoms with Crippen molar-refractivity contribution in [2.24, 2.45) is 0 Å². The maximum Gasteiger partial charge on any atom is 0.145 e. The molecule has 11 rings (SSSR count). The Hall–Kier alpha value is -7.56. The van der Waals surface area contributed by atoms with E-state index < -0.39 is 0 Å². The van der Waals surface area contributed by atoms with Crippen molar-refractivity contribution in [3.8, 4) is 56.1 Å². The number of hydrogen-bond acceptors (Lipinski definition) is 2. The van der Waals surface area contributed by atoms with Gasteiger partial charge in [0, 0.05) is 50.2 Å². The van der Waals surface area contributed by atoms with Crippen LogP contribution in [0.1, 0.15) is 0 Å². The molecule has 4 aromatic heterocycles. The summed E-state index contributed by atoms with van der Waals surface area (Å²) in [5.41, 5.74) is 15.3. The fraction of sp³-hybridized carbons (Fsp3) is 0. The van der Waals surface area contributed by atoms with E-state index in [-0.39, 0.29) is 0 Å². The first-order chi connectivity index (χ1) is 27.8. The van der Waals surface area contributed by atoms with Crippen LogP contribution >= 0.6 is 0 Å². The molecule has 0 bridgehead atoms. The van der Waals surface area contributed by atoms with E-state index >= 15 is 0 Å². The summed E-state index contributed by atoms with van der Waals surface area (Å²) < 4.78 is 4.68. The number of rotatable bonds is 6. The van der Waals surface area contributed by atoms with Gasteiger partial charge in [0.05, 0.1) is 27.9 Å². The molecule has 4 nitrogen and oxygen atoms in total. The van der Waals surface area contributed by atoms with E-state index in [9.17, 15) is 0 Å². The number of fused-ring (bicyclic) bond motifs is 6. The minimum Gasteiger partial charge on any atom is -0.309 e. The third-order valence-electron chi connectivity index (χ3n) is 11.0. The van der Waals surface area contributed by atoms with Crippen molar-refractivity contribution in [2.75, 3.05) is 0 Å². The monoisotopic (exact) mass is 714 g/mol. The zero-order valence-electron chi connectivity index (χ0n) is 30.4. The average Bonchev–Trinajstić information content (AvgIpc) is 3.79. The first-order valence-electron chi connectivity index (χ1n) is 19.0. The van der Waals surface area contributed by atoms with Gasteiger partial charge in [-0.1, -0.05) is 133 Å². The molecule has 0 fully saturated rings. The zero-order chi connectivity index (χ0) is 37.0. The molecule has 4 heterocycles. The van der Waals surface area contributed by atoms with Gasteiger partial charge in [0.25, 0.3) is 0 Å². The van der Waals surface area contributed by atoms with E-state index in [1.54, 1.807) is 0 Å². The molecule has 0 saturated carbocycles. The second-order valence-corrected chi connectivity index (χ2v) is 14.3. The summed E-state index contributed by atoms with van der Waals surface area (Å²) in [6.07, 6.45) is 1.89. The van der Waals surface area contributed by atoms with Crippen LogP contribution in [0.3, 0.4) is 0 Å². The molecule has 0 N–H and O–H groups in total. The van der Waals surface area contributed by atoms with Crippen LogP contribution in [0.5, 0.6) is 0 Å². The topological polar surface area (TPSA) is 35.6 Å². The molecular formula is C52H34N4. The van der Waals surface area contributed by atoms with Crippen molar-refractivity contribution < 1.29 is 0 Å². The molecule has 0 saturated heterocycles. The van der Waals surface area contributed by atoms with Crippen LogP contribution in [0.2, 0.25) is 0 Å². The lowest BCUT2D eigenvalue weighted by Crippen LogP contribution is -1.96. The Morgan fingerprint density at radius 1 is 0.304 bits per heavy atom. The molecule has 0 spiro atoms. The summed E-state index contributed by atoms with van der Waals surface area (Å²) in [5, 5.41) is 4.80. The third-order valence-corrected chi connectivity index (χ3v) is 11.0. The Morgan fingerprint density at radius 3 is 1.46 bits per heavy atom. The summed E-state index contributed by atoms with van der Waals surface area (Å²) in [5.74, 6) is 0. The molecule has 0 aliphatic rings. The predicted molar refractivity (Wildman–Crippen MR) is 232 cm³/mol. The minimum absolute atomic E-state index is 0.939. The lowest BCUT2D eigenvalue weighted by atomic mass is 9.99. The predicted octanol–water partition coefficient (Wildman–Crippen LogP) is 13.3. The van der Waals surface area contributed by atoms with Crippen LogP contribution < -0.4 is 0 Å². The molecule has 0 amide bonds. The number of para-hydroxylation sites is 2. The molecule has 0 aliphatic carbocycles. The van der Waals surface area contributed by atoms with Crippen molar-refractivity contribution in [2.45, 2.75) is 0 Å². The quantitative estimate of drug-likeness (QED) is 0.172. The van der Waals surface area contributed by atoms with Crippen LogP contribution in [0, 0.1) is 0 Å². The molecule has 56 heavy (non-hydrogen) atoms. The second-order valence-electron chi connectivity index (χ2n) is 14.3. The van der Waals surface area contributed by atoms with Crippen molar-refractivity contribution in [3.63, 3.8) is 0 Å². The minimum atomic E-state index is 0.939. The van der Waals surface area contributed by atoms with Gasteiger partial charge in [-0.2, -0.15) is 0 Å². The van der Waals surface area contributed by atoms with Gasteiger partial charge in [0.15, 0.2) is 0 Å². The molecule has 0 radical (unpaired) electrons. The lowest BCUT2D eigenvalue weighted by molar-refractivity contribution is 1.14. The van der Waals surface area contributed by atoms with Crippen molar-refractivity contribution >= 4 is 43.7 Å². The van der Waals surface area contributed by atoms with E-state index in [1.165, 1.54) is 32.8 Å². The number of benzene rings is 7. The van der Waals surface area contributed by atoms with Crippen LogP contribution in [0.4, 0.5) is 0 Å². The SMILES string of the molecule is c1ccc(-c2cc(-c3ccc(-n4c5cc(-c6ccc7c8ccccc8n(-c8ccccc8)c7c6)ccc5c5cccnc54)cc3)cc(-c3ccccc3)n2)cc1. The van der Waals surface area contributed by atoms with Crippen molar-refractivity contribution in [3.05, 3.63) is 206 Å². The number of nitrogens with zero attached hydrogens (tertiary/aromatic N) is 4. The molecule has 4 heteroatoms. The number of hydrogen-bond donors (Lipinski definition) is 0. The first kappa shape index (κ1) is 31.9. The standard InChI is InChI=1S/C52H34N4/c1-4-13-36(14-5-1)47-31-40(32-48(54-47)37-15-6-2-7-16-37)35-22-26-42(27-23-35)56-51-34-39(25-29-45(51)46-20-12-30-53-52(46)56)38-24-28-44-43-19-10-11-21-49(43)55(50(44)33-38)41-17-8-3-9-18-41/h1-34H. The molecule has 262 valence electrons. The molecule has 0 unspecified atom stereocenters. The van der Waals surface area contributed by atoms with Gasteiger partial charge >= 0.3 is 0 Å². The van der Waals surface area contributed by atoms with Gasteiger partial charge in [0.2, 0.25) is 0 Å². The Kier molecular flexibility index (Phi) is 7.46. The summed E-state index contributed by atoms with van der Waals surface area (Å²) in [7, 11) is 0. The number of aromatic nitrogens is 4. The van der Waals surface area contributed by atoms with E-state index in [4.69, 9.17) is 9.97 Å². The Balaban J connectivity index is 1.04. The molecule has 0 atom stereocenters. The van der Waals surface area contributed by atoms with Crippen molar-refractivity contribution in [1.82, 2.24) is 19.1 Å². The molecule has 11 aromatic rings. The summed E-state index contributed by atoms with van der Waals surface area (Å²) >= 11 is 0. The van der Waals surface area contributed by atoms with E-state index in [0.29, 0.717) is 0 Å². The highest BCUT2D eigenvalue weighted by molar-refractivity contribution is 6.11. The molecular weight excluding hydrogens is 681 g/mol.